The van der Waals surface area contributed by atoms with E-state index in [2.05, 4.69) is 9.80 Å². The van der Waals surface area contributed by atoms with Crippen molar-refractivity contribution in [3.05, 3.63) is 35.1 Å². The van der Waals surface area contributed by atoms with Crippen molar-refractivity contribution < 1.29 is 14.3 Å². The Kier molecular flexibility index (Phi) is 6.67. The van der Waals surface area contributed by atoms with Crippen LogP contribution in [0.2, 0.25) is 0 Å². The molecule has 0 radical (unpaired) electrons. The Morgan fingerprint density at radius 1 is 1.33 bits per heavy atom. The van der Waals surface area contributed by atoms with Crippen LogP contribution in [0.15, 0.2) is 18.2 Å². The summed E-state index contributed by atoms with van der Waals surface area (Å²) in [6, 6.07) is 6.13. The SMILES string of the molecule is CN(Cc1cc(C#N)ccc1F)C(=O)CN1CCN(CCO)CC1. The lowest BCUT2D eigenvalue weighted by atomic mass is 10.1. The Balaban J connectivity index is 1.86. The number of carbonyl (C=O) groups is 1. The molecule has 0 aromatic heterocycles. The highest BCUT2D eigenvalue weighted by atomic mass is 19.1. The molecule has 0 bridgehead atoms. The summed E-state index contributed by atoms with van der Waals surface area (Å²) in [7, 11) is 1.64. The van der Waals surface area contributed by atoms with Crippen LogP contribution in [0.1, 0.15) is 11.1 Å². The van der Waals surface area contributed by atoms with Crippen molar-refractivity contribution in [2.24, 2.45) is 0 Å². The quantitative estimate of drug-likeness (QED) is 0.808. The normalized spacial score (nSPS) is 15.9. The highest BCUT2D eigenvalue weighted by Gasteiger charge is 2.20. The highest BCUT2D eigenvalue weighted by Crippen LogP contribution is 2.12. The molecule has 6 nitrogen and oxygen atoms in total. The molecule has 0 spiro atoms. The predicted molar refractivity (Wildman–Crippen MR) is 87.6 cm³/mol. The number of halogens is 1. The Labute approximate surface area is 141 Å². The zero-order chi connectivity index (χ0) is 17.5. The summed E-state index contributed by atoms with van der Waals surface area (Å²) in [5.41, 5.74) is 0.727. The van der Waals surface area contributed by atoms with Crippen LogP contribution in [0.4, 0.5) is 4.39 Å². The second-order valence-corrected chi connectivity index (χ2v) is 6.01. The Bertz CT molecular complexity index is 609. The van der Waals surface area contributed by atoms with Gasteiger partial charge in [0.15, 0.2) is 0 Å². The molecule has 0 aliphatic carbocycles. The van der Waals surface area contributed by atoms with Gasteiger partial charge in [-0.05, 0) is 18.2 Å². The van der Waals surface area contributed by atoms with Crippen LogP contribution >= 0.6 is 0 Å². The molecule has 1 heterocycles. The first-order valence-corrected chi connectivity index (χ1v) is 8.01. The third-order valence-corrected chi connectivity index (χ3v) is 4.25. The first-order chi connectivity index (χ1) is 11.5. The Hall–Kier alpha value is -2.01. The number of rotatable bonds is 6. The van der Waals surface area contributed by atoms with Crippen LogP contribution in [0, 0.1) is 17.1 Å². The Morgan fingerprint density at radius 2 is 2.00 bits per heavy atom. The third kappa shape index (κ3) is 4.99. The molecule has 2 rings (SSSR count). The van der Waals surface area contributed by atoms with E-state index < -0.39 is 5.82 Å². The number of aliphatic hydroxyl groups excluding tert-OH is 1. The number of benzene rings is 1. The smallest absolute Gasteiger partial charge is 0.236 e. The van der Waals surface area contributed by atoms with E-state index in [1.165, 1.54) is 23.1 Å². The molecular weight excluding hydrogens is 311 g/mol. The van der Waals surface area contributed by atoms with Gasteiger partial charge in [-0.2, -0.15) is 5.26 Å². The van der Waals surface area contributed by atoms with Crippen molar-refractivity contribution in [1.82, 2.24) is 14.7 Å². The third-order valence-electron chi connectivity index (χ3n) is 4.25. The van der Waals surface area contributed by atoms with Crippen LogP contribution in [-0.4, -0.2) is 78.6 Å². The number of nitrogens with zero attached hydrogens (tertiary/aromatic N) is 4. The summed E-state index contributed by atoms with van der Waals surface area (Å²) in [4.78, 5) is 18.0. The number of carbonyl (C=O) groups excluding carboxylic acids is 1. The van der Waals surface area contributed by atoms with Gasteiger partial charge in [0.1, 0.15) is 5.82 Å². The first-order valence-electron chi connectivity index (χ1n) is 8.01. The second kappa shape index (κ2) is 8.73. The number of aliphatic hydroxyl groups is 1. The molecule has 24 heavy (non-hydrogen) atoms. The molecule has 1 aliphatic rings. The van der Waals surface area contributed by atoms with E-state index in [-0.39, 0.29) is 19.1 Å². The average molecular weight is 334 g/mol. The van der Waals surface area contributed by atoms with Crippen molar-refractivity contribution >= 4 is 5.91 Å². The van der Waals surface area contributed by atoms with Gasteiger partial charge >= 0.3 is 0 Å². The van der Waals surface area contributed by atoms with Gasteiger partial charge in [0.05, 0.1) is 24.8 Å². The lowest BCUT2D eigenvalue weighted by Crippen LogP contribution is -2.50. The number of hydrogen-bond acceptors (Lipinski definition) is 5. The average Bonchev–Trinajstić information content (AvgIpc) is 2.58. The fourth-order valence-electron chi connectivity index (χ4n) is 2.73. The molecule has 0 unspecified atom stereocenters. The van der Waals surface area contributed by atoms with Crippen molar-refractivity contribution in [2.75, 3.05) is 52.9 Å². The minimum absolute atomic E-state index is 0.0765. The van der Waals surface area contributed by atoms with Crippen LogP contribution in [0.25, 0.3) is 0 Å². The molecule has 1 amide bonds. The van der Waals surface area contributed by atoms with Crippen LogP contribution in [-0.2, 0) is 11.3 Å². The van der Waals surface area contributed by atoms with Crippen LogP contribution in [0.5, 0.6) is 0 Å². The minimum Gasteiger partial charge on any atom is -0.395 e. The molecule has 1 aliphatic heterocycles. The largest absolute Gasteiger partial charge is 0.395 e. The van der Waals surface area contributed by atoms with Gasteiger partial charge in [-0.25, -0.2) is 4.39 Å². The van der Waals surface area contributed by atoms with Crippen molar-refractivity contribution in [3.63, 3.8) is 0 Å². The topological polar surface area (TPSA) is 70.8 Å². The highest BCUT2D eigenvalue weighted by molar-refractivity contribution is 5.78. The molecule has 0 atom stereocenters. The van der Waals surface area contributed by atoms with E-state index in [4.69, 9.17) is 10.4 Å². The molecule has 1 aromatic carbocycles. The maximum absolute atomic E-state index is 13.8. The number of hydrogen-bond donors (Lipinski definition) is 1. The zero-order valence-corrected chi connectivity index (χ0v) is 13.9. The van der Waals surface area contributed by atoms with Gasteiger partial charge in [0.25, 0.3) is 0 Å². The lowest BCUT2D eigenvalue weighted by Gasteiger charge is -2.34. The summed E-state index contributed by atoms with van der Waals surface area (Å²) >= 11 is 0. The van der Waals surface area contributed by atoms with E-state index in [0.29, 0.717) is 24.2 Å². The van der Waals surface area contributed by atoms with Crippen LogP contribution in [0.3, 0.4) is 0 Å². The van der Waals surface area contributed by atoms with Gasteiger partial charge in [0, 0.05) is 51.9 Å². The van der Waals surface area contributed by atoms with E-state index in [9.17, 15) is 9.18 Å². The monoisotopic (exact) mass is 334 g/mol. The second-order valence-electron chi connectivity index (χ2n) is 6.01. The van der Waals surface area contributed by atoms with Gasteiger partial charge in [-0.3, -0.25) is 14.6 Å². The maximum Gasteiger partial charge on any atom is 0.236 e. The summed E-state index contributed by atoms with van der Waals surface area (Å²) < 4.78 is 13.8. The van der Waals surface area contributed by atoms with Crippen molar-refractivity contribution in [3.8, 4) is 6.07 Å². The van der Waals surface area contributed by atoms with E-state index in [0.717, 1.165) is 26.2 Å². The summed E-state index contributed by atoms with van der Waals surface area (Å²) in [6.45, 7) is 4.46. The molecule has 1 N–H and O–H groups in total. The summed E-state index contributed by atoms with van der Waals surface area (Å²) in [5.74, 6) is -0.487. The standard InChI is InChI=1S/C17H23FN4O2/c1-20(12-15-10-14(11-19)2-3-16(15)18)17(24)13-22-6-4-21(5-7-22)8-9-23/h2-3,10,23H,4-9,12-13H2,1H3. The molecule has 1 fully saturated rings. The molecule has 1 saturated heterocycles. The molecule has 1 aromatic rings. The fraction of sp³-hybridized carbons (Fsp3) is 0.529. The lowest BCUT2D eigenvalue weighted by molar-refractivity contribution is -0.132. The zero-order valence-electron chi connectivity index (χ0n) is 13.9. The van der Waals surface area contributed by atoms with Crippen molar-refractivity contribution in [1.29, 1.82) is 5.26 Å². The number of likely N-dealkylation sites (N-methyl/N-ethyl adjacent to an activating group) is 1. The summed E-state index contributed by atoms with van der Waals surface area (Å²) in [6.07, 6.45) is 0. The minimum atomic E-state index is -0.411. The van der Waals surface area contributed by atoms with Gasteiger partial charge < -0.3 is 10.0 Å². The Morgan fingerprint density at radius 3 is 2.62 bits per heavy atom. The van der Waals surface area contributed by atoms with E-state index in [1.807, 2.05) is 6.07 Å². The number of nitriles is 1. The number of β-amino-alcohol motifs (C(OH)–C–C–N with tert-alkyl or cyclic N) is 1. The van der Waals surface area contributed by atoms with E-state index in [1.54, 1.807) is 7.05 Å². The van der Waals surface area contributed by atoms with Crippen molar-refractivity contribution in [2.45, 2.75) is 6.54 Å². The first kappa shape index (κ1) is 18.3. The fourth-order valence-corrected chi connectivity index (χ4v) is 2.73. The number of amides is 1. The molecular formula is C17H23FN4O2. The summed E-state index contributed by atoms with van der Waals surface area (Å²) in [5, 5.41) is 17.8. The predicted octanol–water partition coefficient (Wildman–Crippen LogP) is 0.266. The maximum atomic E-state index is 13.8. The van der Waals surface area contributed by atoms with Gasteiger partial charge in [-0.15, -0.1) is 0 Å². The van der Waals surface area contributed by atoms with Gasteiger partial charge in [0.2, 0.25) is 5.91 Å². The van der Waals surface area contributed by atoms with Gasteiger partial charge in [-0.1, -0.05) is 0 Å². The molecule has 7 heteroatoms. The number of piperazine rings is 1. The van der Waals surface area contributed by atoms with Crippen LogP contribution < -0.4 is 0 Å². The molecule has 0 saturated carbocycles. The van der Waals surface area contributed by atoms with E-state index >= 15 is 0 Å². The molecule has 130 valence electrons.